The number of amides is 1. The van der Waals surface area contributed by atoms with Crippen LogP contribution in [0.3, 0.4) is 0 Å². The SMILES string of the molecule is CCN1C(=C2SC(=S)N(CCS(=O)(=O)O)C2=O)[Se]c2ccc(C)cc21. The van der Waals surface area contributed by atoms with Crippen LogP contribution < -0.4 is 9.36 Å². The van der Waals surface area contributed by atoms with Crippen molar-refractivity contribution in [1.82, 2.24) is 4.90 Å². The normalized spacial score (nSPS) is 20.6. The molecule has 25 heavy (non-hydrogen) atoms. The Balaban J connectivity index is 1.93. The zero-order valence-electron chi connectivity index (χ0n) is 13.6. The van der Waals surface area contributed by atoms with E-state index in [1.54, 1.807) is 0 Å². The Bertz CT molecular complexity index is 898. The fraction of sp³-hybridized carbons (Fsp3) is 0.333. The van der Waals surface area contributed by atoms with Crippen LogP contribution in [-0.2, 0) is 14.9 Å². The Morgan fingerprint density at radius 1 is 1.32 bits per heavy atom. The third-order valence-electron chi connectivity index (χ3n) is 3.79. The molecule has 0 bridgehead atoms. The zero-order valence-corrected chi connectivity index (χ0v) is 17.7. The number of nitrogens with zero attached hydrogens (tertiary/aromatic N) is 2. The number of thioether (sulfide) groups is 1. The van der Waals surface area contributed by atoms with Crippen molar-refractivity contribution in [3.63, 3.8) is 0 Å². The molecule has 0 saturated carbocycles. The molecule has 10 heteroatoms. The predicted molar refractivity (Wildman–Crippen MR) is 105 cm³/mol. The third-order valence-corrected chi connectivity index (χ3v) is 8.70. The molecular weight excluding hydrogens is 447 g/mol. The van der Waals surface area contributed by atoms with Gasteiger partial charge in [0.25, 0.3) is 0 Å². The van der Waals surface area contributed by atoms with E-state index in [2.05, 4.69) is 23.1 Å². The van der Waals surface area contributed by atoms with E-state index in [1.165, 1.54) is 21.1 Å². The van der Waals surface area contributed by atoms with E-state index in [0.717, 1.165) is 22.4 Å². The molecule has 134 valence electrons. The summed E-state index contributed by atoms with van der Waals surface area (Å²) in [5.41, 5.74) is 2.29. The number of carbonyl (C=O) groups is 1. The van der Waals surface area contributed by atoms with Gasteiger partial charge in [-0.15, -0.1) is 0 Å². The molecule has 2 heterocycles. The first kappa shape index (κ1) is 18.9. The van der Waals surface area contributed by atoms with Gasteiger partial charge in [-0.25, -0.2) is 0 Å². The van der Waals surface area contributed by atoms with Crippen LogP contribution in [0.5, 0.6) is 0 Å². The van der Waals surface area contributed by atoms with Crippen LogP contribution in [0.2, 0.25) is 0 Å². The maximum absolute atomic E-state index is 12.8. The molecule has 1 amide bonds. The molecule has 6 nitrogen and oxygen atoms in total. The Kier molecular flexibility index (Phi) is 5.30. The standard InChI is InChI=1S/C15H16N2O4S3Se/c1-3-16-10-8-9(2)4-5-11(10)25-14(16)12-13(18)17(15(22)23-12)6-7-24(19,20)21/h4-5,8H,3,6-7H2,1-2H3,(H,19,20,21). The number of hydrogen-bond acceptors (Lipinski definition) is 6. The van der Waals surface area contributed by atoms with Crippen LogP contribution >= 0.6 is 24.0 Å². The van der Waals surface area contributed by atoms with Gasteiger partial charge in [0.1, 0.15) is 0 Å². The van der Waals surface area contributed by atoms with E-state index >= 15 is 0 Å². The summed E-state index contributed by atoms with van der Waals surface area (Å²) in [5.74, 6) is -0.803. The van der Waals surface area contributed by atoms with Crippen molar-refractivity contribution in [1.29, 1.82) is 0 Å². The topological polar surface area (TPSA) is 77.9 Å². The summed E-state index contributed by atoms with van der Waals surface area (Å²) in [7, 11) is -4.14. The molecule has 1 saturated heterocycles. The zero-order chi connectivity index (χ0) is 18.4. The van der Waals surface area contributed by atoms with Crippen molar-refractivity contribution in [2.24, 2.45) is 0 Å². The van der Waals surface area contributed by atoms with Gasteiger partial charge < -0.3 is 0 Å². The number of thiocarbonyl (C=S) groups is 1. The van der Waals surface area contributed by atoms with Crippen molar-refractivity contribution >= 4 is 69.4 Å². The maximum atomic E-state index is 12.8. The second-order valence-electron chi connectivity index (χ2n) is 5.56. The first-order chi connectivity index (χ1) is 11.7. The van der Waals surface area contributed by atoms with E-state index in [9.17, 15) is 13.2 Å². The fourth-order valence-corrected chi connectivity index (χ4v) is 7.16. The van der Waals surface area contributed by atoms with E-state index in [4.69, 9.17) is 16.8 Å². The summed E-state index contributed by atoms with van der Waals surface area (Å²) >= 11 is 6.45. The fourth-order valence-electron chi connectivity index (χ4n) is 2.60. The monoisotopic (exact) mass is 464 g/mol. The number of carbonyl (C=O) groups excluding carboxylic acids is 1. The molecule has 0 radical (unpaired) electrons. The molecule has 1 aromatic carbocycles. The number of rotatable bonds is 4. The van der Waals surface area contributed by atoms with Crippen molar-refractivity contribution < 1.29 is 17.8 Å². The number of aryl methyl sites for hydroxylation is 1. The average molecular weight is 463 g/mol. The minimum absolute atomic E-state index is 0.00822. The first-order valence-corrected chi connectivity index (χ1v) is 12.0. The van der Waals surface area contributed by atoms with E-state index in [0.29, 0.717) is 9.23 Å². The molecular formula is C15H16N2O4S3Se. The Morgan fingerprint density at radius 3 is 2.68 bits per heavy atom. The van der Waals surface area contributed by atoms with E-state index in [1.807, 2.05) is 13.8 Å². The molecule has 1 fully saturated rings. The van der Waals surface area contributed by atoms with Crippen LogP contribution in [0.25, 0.3) is 0 Å². The van der Waals surface area contributed by atoms with Gasteiger partial charge in [0.15, 0.2) is 0 Å². The summed E-state index contributed by atoms with van der Waals surface area (Å²) < 4.78 is 33.4. The Labute approximate surface area is 162 Å². The summed E-state index contributed by atoms with van der Waals surface area (Å²) in [6.07, 6.45) is 0. The predicted octanol–water partition coefficient (Wildman–Crippen LogP) is 1.08. The first-order valence-electron chi connectivity index (χ1n) is 7.50. The van der Waals surface area contributed by atoms with Gasteiger partial charge in [-0.1, -0.05) is 0 Å². The number of benzene rings is 1. The van der Waals surface area contributed by atoms with Gasteiger partial charge in [0.2, 0.25) is 0 Å². The van der Waals surface area contributed by atoms with Crippen LogP contribution in [0, 0.1) is 6.92 Å². The van der Waals surface area contributed by atoms with Crippen LogP contribution in [0.4, 0.5) is 5.69 Å². The van der Waals surface area contributed by atoms with Crippen LogP contribution in [0.15, 0.2) is 27.7 Å². The summed E-state index contributed by atoms with van der Waals surface area (Å²) in [6.45, 7) is 4.68. The van der Waals surface area contributed by atoms with Crippen LogP contribution in [-0.4, -0.2) is 61.9 Å². The van der Waals surface area contributed by atoms with Gasteiger partial charge in [-0.05, 0) is 0 Å². The number of fused-ring (bicyclic) bond motifs is 1. The van der Waals surface area contributed by atoms with Crippen molar-refractivity contribution in [2.45, 2.75) is 13.8 Å². The molecule has 1 N–H and O–H groups in total. The molecule has 2 aliphatic rings. The van der Waals surface area contributed by atoms with E-state index < -0.39 is 15.9 Å². The van der Waals surface area contributed by atoms with Crippen LogP contribution in [0.1, 0.15) is 12.5 Å². The molecule has 2 aliphatic heterocycles. The van der Waals surface area contributed by atoms with Gasteiger partial charge in [-0.2, -0.15) is 0 Å². The second-order valence-corrected chi connectivity index (χ2v) is 10.9. The molecule has 0 unspecified atom stereocenters. The van der Waals surface area contributed by atoms with Gasteiger partial charge >= 0.3 is 163 Å². The summed E-state index contributed by atoms with van der Waals surface area (Å²) in [6, 6.07) is 6.28. The van der Waals surface area contributed by atoms with Gasteiger partial charge in [-0.3, -0.25) is 0 Å². The summed E-state index contributed by atoms with van der Waals surface area (Å²) in [4.78, 5) is 16.7. The Morgan fingerprint density at radius 2 is 2.04 bits per heavy atom. The molecule has 0 aliphatic carbocycles. The molecule has 1 aromatic rings. The van der Waals surface area contributed by atoms with E-state index in [-0.39, 0.29) is 27.4 Å². The minimum atomic E-state index is -4.14. The van der Waals surface area contributed by atoms with Crippen molar-refractivity contribution in [3.8, 4) is 0 Å². The van der Waals surface area contributed by atoms with Gasteiger partial charge in [0, 0.05) is 0 Å². The quantitative estimate of drug-likeness (QED) is 0.310. The third kappa shape index (κ3) is 3.79. The number of anilines is 1. The molecule has 3 rings (SSSR count). The average Bonchev–Trinajstić information content (AvgIpc) is 3.01. The molecule has 0 spiro atoms. The summed E-state index contributed by atoms with van der Waals surface area (Å²) in [5, 5.41) is 0. The molecule has 0 atom stereocenters. The second kappa shape index (κ2) is 7.02. The van der Waals surface area contributed by atoms with Crippen molar-refractivity contribution in [3.05, 3.63) is 33.3 Å². The van der Waals surface area contributed by atoms with Crippen molar-refractivity contribution in [2.75, 3.05) is 23.7 Å². The Hall–Kier alpha value is -0.901. The van der Waals surface area contributed by atoms with Gasteiger partial charge in [0.05, 0.1) is 0 Å². The molecule has 0 aromatic heterocycles. The number of hydrogen-bond donors (Lipinski definition) is 1.